The molecule has 2 heterocycles. The fraction of sp³-hybridized carbons (Fsp3) is 0. The zero-order valence-electron chi connectivity index (χ0n) is 6.30. The van der Waals surface area contributed by atoms with Crippen molar-refractivity contribution in [2.24, 2.45) is 0 Å². The molecule has 0 radical (unpaired) electrons. The van der Waals surface area contributed by atoms with E-state index in [4.69, 9.17) is 16.9 Å². The SMILES string of the molecule is N#Cc1cc2sc(Cl)cc2[nH]c1=O. The van der Waals surface area contributed by atoms with Gasteiger partial charge in [0.25, 0.3) is 5.56 Å². The molecule has 0 amide bonds. The molecular formula is C8H3ClN2OS. The smallest absolute Gasteiger partial charge is 0.266 e. The highest BCUT2D eigenvalue weighted by Gasteiger charge is 2.04. The minimum absolute atomic E-state index is 0.117. The molecule has 5 heteroatoms. The van der Waals surface area contributed by atoms with E-state index >= 15 is 0 Å². The molecule has 0 aliphatic heterocycles. The van der Waals surface area contributed by atoms with Crippen molar-refractivity contribution in [1.29, 1.82) is 5.26 Å². The van der Waals surface area contributed by atoms with Gasteiger partial charge in [-0.2, -0.15) is 5.26 Å². The van der Waals surface area contributed by atoms with Crippen molar-refractivity contribution < 1.29 is 0 Å². The Morgan fingerprint density at radius 1 is 1.54 bits per heavy atom. The van der Waals surface area contributed by atoms with Gasteiger partial charge in [0, 0.05) is 0 Å². The molecule has 1 N–H and O–H groups in total. The van der Waals surface area contributed by atoms with Crippen LogP contribution in [-0.4, -0.2) is 4.98 Å². The molecule has 0 unspecified atom stereocenters. The summed E-state index contributed by atoms with van der Waals surface area (Å²) in [6.07, 6.45) is 0. The summed E-state index contributed by atoms with van der Waals surface area (Å²) in [4.78, 5) is 13.7. The first-order chi connectivity index (χ1) is 6.20. The van der Waals surface area contributed by atoms with E-state index in [1.807, 2.05) is 6.07 Å². The summed E-state index contributed by atoms with van der Waals surface area (Å²) in [5.41, 5.74) is 0.425. The number of aromatic amines is 1. The Hall–Kier alpha value is -1.31. The van der Waals surface area contributed by atoms with Crippen LogP contribution in [0.3, 0.4) is 0 Å². The lowest BCUT2D eigenvalue weighted by molar-refractivity contribution is 1.28. The normalized spacial score (nSPS) is 10.2. The zero-order chi connectivity index (χ0) is 9.42. The Kier molecular flexibility index (Phi) is 1.83. The highest BCUT2D eigenvalue weighted by atomic mass is 35.5. The quantitative estimate of drug-likeness (QED) is 0.724. The molecule has 0 atom stereocenters. The Labute approximate surface area is 82.2 Å². The van der Waals surface area contributed by atoms with Gasteiger partial charge in [0.05, 0.1) is 14.6 Å². The van der Waals surface area contributed by atoms with E-state index in [0.29, 0.717) is 9.85 Å². The molecule has 2 aromatic rings. The molecule has 0 aromatic carbocycles. The number of pyridine rings is 1. The number of H-pyrrole nitrogens is 1. The van der Waals surface area contributed by atoms with Gasteiger partial charge in [0.15, 0.2) is 0 Å². The van der Waals surface area contributed by atoms with Gasteiger partial charge in [-0.25, -0.2) is 0 Å². The second-order valence-electron chi connectivity index (χ2n) is 2.45. The van der Waals surface area contributed by atoms with E-state index in [0.717, 1.165) is 4.70 Å². The van der Waals surface area contributed by atoms with Crippen molar-refractivity contribution in [1.82, 2.24) is 4.98 Å². The van der Waals surface area contributed by atoms with Crippen LogP contribution >= 0.6 is 22.9 Å². The third-order valence-corrected chi connectivity index (χ3v) is 2.83. The van der Waals surface area contributed by atoms with Crippen LogP contribution in [0.5, 0.6) is 0 Å². The Morgan fingerprint density at radius 2 is 2.31 bits per heavy atom. The van der Waals surface area contributed by atoms with E-state index in [-0.39, 0.29) is 11.1 Å². The molecule has 0 aliphatic carbocycles. The average molecular weight is 211 g/mol. The molecule has 0 saturated carbocycles. The molecule has 3 nitrogen and oxygen atoms in total. The number of fused-ring (bicyclic) bond motifs is 1. The Bertz CT molecular complexity index is 564. The molecular weight excluding hydrogens is 208 g/mol. The van der Waals surface area contributed by atoms with Gasteiger partial charge in [0.1, 0.15) is 11.6 Å². The van der Waals surface area contributed by atoms with Crippen molar-refractivity contribution in [2.75, 3.05) is 0 Å². The number of nitrogens with one attached hydrogen (secondary N) is 1. The van der Waals surface area contributed by atoms with Crippen LogP contribution in [0.1, 0.15) is 5.56 Å². The van der Waals surface area contributed by atoms with Crippen LogP contribution in [-0.2, 0) is 0 Å². The van der Waals surface area contributed by atoms with Crippen LogP contribution in [0.4, 0.5) is 0 Å². The molecule has 13 heavy (non-hydrogen) atoms. The average Bonchev–Trinajstić information content (AvgIpc) is 2.42. The minimum Gasteiger partial charge on any atom is -0.320 e. The molecule has 2 aromatic heterocycles. The number of nitriles is 1. The third-order valence-electron chi connectivity index (χ3n) is 1.62. The predicted molar refractivity (Wildman–Crippen MR) is 52.2 cm³/mol. The minimum atomic E-state index is -0.371. The summed E-state index contributed by atoms with van der Waals surface area (Å²) in [5, 5.41) is 8.59. The molecule has 0 fully saturated rings. The first-order valence-electron chi connectivity index (χ1n) is 3.43. The molecule has 0 bridgehead atoms. The maximum Gasteiger partial charge on any atom is 0.266 e. The predicted octanol–water partition coefficient (Wildman–Crippen LogP) is 2.11. The molecule has 64 valence electrons. The largest absolute Gasteiger partial charge is 0.320 e. The first kappa shape index (κ1) is 8.30. The van der Waals surface area contributed by atoms with Gasteiger partial charge < -0.3 is 4.98 Å². The van der Waals surface area contributed by atoms with Crippen LogP contribution in [0.15, 0.2) is 16.9 Å². The van der Waals surface area contributed by atoms with Crippen molar-refractivity contribution in [3.63, 3.8) is 0 Å². The summed E-state index contributed by atoms with van der Waals surface area (Å²) < 4.78 is 1.42. The number of thiophene rings is 1. The topological polar surface area (TPSA) is 56.6 Å². The maximum atomic E-state index is 11.2. The lowest BCUT2D eigenvalue weighted by Gasteiger charge is -1.88. The van der Waals surface area contributed by atoms with Gasteiger partial charge in [-0.3, -0.25) is 4.79 Å². The lowest BCUT2D eigenvalue weighted by Crippen LogP contribution is -2.08. The van der Waals surface area contributed by atoms with Crippen LogP contribution in [0.25, 0.3) is 10.2 Å². The van der Waals surface area contributed by atoms with Crippen molar-refractivity contribution in [2.45, 2.75) is 0 Å². The number of hydrogen-bond acceptors (Lipinski definition) is 3. The summed E-state index contributed by atoms with van der Waals surface area (Å²) >= 11 is 7.08. The first-order valence-corrected chi connectivity index (χ1v) is 4.62. The van der Waals surface area contributed by atoms with E-state index in [2.05, 4.69) is 4.98 Å². The van der Waals surface area contributed by atoms with Gasteiger partial charge in [-0.05, 0) is 12.1 Å². The summed E-state index contributed by atoms with van der Waals surface area (Å²) in [6.45, 7) is 0. The van der Waals surface area contributed by atoms with Crippen LogP contribution < -0.4 is 5.56 Å². The van der Waals surface area contributed by atoms with E-state index in [1.165, 1.54) is 11.3 Å². The molecule has 2 rings (SSSR count). The van der Waals surface area contributed by atoms with E-state index in [1.54, 1.807) is 12.1 Å². The zero-order valence-corrected chi connectivity index (χ0v) is 7.87. The van der Waals surface area contributed by atoms with Gasteiger partial charge in [-0.1, -0.05) is 11.6 Å². The fourth-order valence-electron chi connectivity index (χ4n) is 1.05. The number of aromatic nitrogens is 1. The summed E-state index contributed by atoms with van der Waals surface area (Å²) in [6, 6.07) is 5.03. The number of nitrogens with zero attached hydrogens (tertiary/aromatic N) is 1. The second-order valence-corrected chi connectivity index (χ2v) is 4.17. The monoisotopic (exact) mass is 210 g/mol. The summed E-state index contributed by atoms with van der Waals surface area (Å²) in [5.74, 6) is 0. The standard InChI is InChI=1S/C8H3ClN2OS/c9-7-2-5-6(13-7)1-4(3-10)8(12)11-5/h1-2H,(H,11,12). The molecule has 0 aliphatic rings. The highest BCUT2D eigenvalue weighted by Crippen LogP contribution is 2.27. The van der Waals surface area contributed by atoms with Gasteiger partial charge >= 0.3 is 0 Å². The number of halogens is 1. The summed E-state index contributed by atoms with van der Waals surface area (Å²) in [7, 11) is 0. The second kappa shape index (κ2) is 2.87. The molecule has 0 saturated heterocycles. The fourth-order valence-corrected chi connectivity index (χ4v) is 2.19. The number of hydrogen-bond donors (Lipinski definition) is 1. The van der Waals surface area contributed by atoms with Crippen molar-refractivity contribution >= 4 is 33.2 Å². The van der Waals surface area contributed by atoms with Crippen molar-refractivity contribution in [3.8, 4) is 6.07 Å². The van der Waals surface area contributed by atoms with Gasteiger partial charge in [0.2, 0.25) is 0 Å². The Morgan fingerprint density at radius 3 is 3.00 bits per heavy atom. The van der Waals surface area contributed by atoms with Crippen LogP contribution in [0.2, 0.25) is 4.34 Å². The maximum absolute atomic E-state index is 11.2. The Balaban J connectivity index is 2.90. The van der Waals surface area contributed by atoms with E-state index in [9.17, 15) is 4.79 Å². The van der Waals surface area contributed by atoms with Crippen molar-refractivity contribution in [3.05, 3.63) is 32.4 Å². The van der Waals surface area contributed by atoms with E-state index < -0.39 is 0 Å². The highest BCUT2D eigenvalue weighted by molar-refractivity contribution is 7.22. The lowest BCUT2D eigenvalue weighted by atomic mass is 10.3. The molecule has 0 spiro atoms. The van der Waals surface area contributed by atoms with Gasteiger partial charge in [-0.15, -0.1) is 11.3 Å². The third kappa shape index (κ3) is 1.32. The van der Waals surface area contributed by atoms with Crippen LogP contribution in [0, 0.1) is 11.3 Å². The number of rotatable bonds is 0.